The molecule has 2 heterocycles. The molecule has 4 rings (SSSR count). The fourth-order valence-corrected chi connectivity index (χ4v) is 6.78. The zero-order valence-corrected chi connectivity index (χ0v) is 19.9. The van der Waals surface area contributed by atoms with Crippen LogP contribution < -0.4 is 10.2 Å². The van der Waals surface area contributed by atoms with Crippen LogP contribution in [0.2, 0.25) is 0 Å². The summed E-state index contributed by atoms with van der Waals surface area (Å²) in [6, 6.07) is 13.0. The normalized spacial score (nSPS) is 22.0. The van der Waals surface area contributed by atoms with Gasteiger partial charge in [-0.05, 0) is 55.3 Å². The van der Waals surface area contributed by atoms with Crippen molar-refractivity contribution in [3.8, 4) is 0 Å². The van der Waals surface area contributed by atoms with Crippen LogP contribution in [0, 0.1) is 13.8 Å². The van der Waals surface area contributed by atoms with Gasteiger partial charge in [0.15, 0.2) is 15.0 Å². The Morgan fingerprint density at radius 1 is 1.20 bits per heavy atom. The van der Waals surface area contributed by atoms with Gasteiger partial charge >= 0.3 is 0 Å². The number of nitrogens with zero attached hydrogens (tertiary/aromatic N) is 2. The molecular formula is C21H22BrN3O3S2. The first kappa shape index (κ1) is 21.4. The molecule has 0 saturated carbocycles. The predicted molar refractivity (Wildman–Crippen MR) is 127 cm³/mol. The number of benzene rings is 2. The molecule has 1 fully saturated rings. The number of aliphatic imine (C=N–C) groups is 1. The van der Waals surface area contributed by atoms with Gasteiger partial charge in [-0.3, -0.25) is 9.79 Å². The molecule has 0 aromatic heterocycles. The van der Waals surface area contributed by atoms with E-state index in [4.69, 9.17) is 4.99 Å². The molecule has 0 aliphatic carbocycles. The van der Waals surface area contributed by atoms with Gasteiger partial charge in [0.1, 0.15) is 0 Å². The molecule has 1 saturated heterocycles. The van der Waals surface area contributed by atoms with Crippen molar-refractivity contribution in [1.82, 2.24) is 0 Å². The van der Waals surface area contributed by atoms with Crippen LogP contribution >= 0.6 is 27.7 Å². The summed E-state index contributed by atoms with van der Waals surface area (Å²) in [6.07, 6.45) is 0. The van der Waals surface area contributed by atoms with Crippen molar-refractivity contribution in [2.24, 2.45) is 4.99 Å². The van der Waals surface area contributed by atoms with Crippen molar-refractivity contribution >= 4 is 60.0 Å². The third kappa shape index (κ3) is 4.58. The number of hydrogen-bond acceptors (Lipinski definition) is 6. The Labute approximate surface area is 189 Å². The average Bonchev–Trinajstić information content (AvgIpc) is 3.15. The Balaban J connectivity index is 1.53. The molecule has 6 nitrogen and oxygen atoms in total. The number of amidine groups is 1. The SMILES string of the molecule is Cc1ccc(C)c(N2C(SCC(=O)Nc3ccc(Br)cc3)=N[C@H]3CS(=O)(=O)C[C@H]32)c1. The smallest absolute Gasteiger partial charge is 0.234 e. The largest absolute Gasteiger partial charge is 0.325 e. The van der Waals surface area contributed by atoms with Crippen LogP contribution in [0.3, 0.4) is 0 Å². The van der Waals surface area contributed by atoms with E-state index in [0.29, 0.717) is 5.17 Å². The van der Waals surface area contributed by atoms with E-state index in [9.17, 15) is 13.2 Å². The fourth-order valence-electron chi connectivity index (χ4n) is 3.75. The molecule has 30 heavy (non-hydrogen) atoms. The quantitative estimate of drug-likeness (QED) is 0.680. The van der Waals surface area contributed by atoms with E-state index >= 15 is 0 Å². The van der Waals surface area contributed by atoms with Gasteiger partial charge in [-0.2, -0.15) is 0 Å². The van der Waals surface area contributed by atoms with Crippen molar-refractivity contribution in [3.63, 3.8) is 0 Å². The van der Waals surface area contributed by atoms with E-state index in [1.54, 1.807) is 0 Å². The molecule has 2 aliphatic heterocycles. The summed E-state index contributed by atoms with van der Waals surface area (Å²) in [4.78, 5) is 19.2. The number of fused-ring (bicyclic) bond motifs is 1. The van der Waals surface area contributed by atoms with Crippen molar-refractivity contribution in [1.29, 1.82) is 0 Å². The molecule has 0 radical (unpaired) electrons. The summed E-state index contributed by atoms with van der Waals surface area (Å²) in [5.74, 6) is 0.218. The highest BCUT2D eigenvalue weighted by molar-refractivity contribution is 9.10. The number of carbonyl (C=O) groups is 1. The lowest BCUT2D eigenvalue weighted by atomic mass is 10.1. The van der Waals surface area contributed by atoms with Gasteiger partial charge in [0.25, 0.3) is 0 Å². The molecule has 9 heteroatoms. The number of amides is 1. The Morgan fingerprint density at radius 3 is 2.67 bits per heavy atom. The maximum absolute atomic E-state index is 12.5. The number of rotatable bonds is 4. The second-order valence-corrected chi connectivity index (χ2v) is 11.6. The molecule has 2 atom stereocenters. The Morgan fingerprint density at radius 2 is 1.93 bits per heavy atom. The molecule has 1 amide bonds. The highest BCUT2D eigenvalue weighted by Crippen LogP contribution is 2.37. The molecule has 0 bridgehead atoms. The van der Waals surface area contributed by atoms with Gasteiger partial charge < -0.3 is 10.2 Å². The first-order valence-electron chi connectivity index (χ1n) is 9.55. The van der Waals surface area contributed by atoms with Crippen LogP contribution in [-0.4, -0.2) is 48.8 Å². The number of hydrogen-bond donors (Lipinski definition) is 1. The fraction of sp³-hybridized carbons (Fsp3) is 0.333. The lowest BCUT2D eigenvalue weighted by molar-refractivity contribution is -0.113. The maximum atomic E-state index is 12.5. The van der Waals surface area contributed by atoms with Gasteiger partial charge in [-0.15, -0.1) is 0 Å². The molecule has 0 unspecified atom stereocenters. The lowest BCUT2D eigenvalue weighted by Crippen LogP contribution is -2.40. The van der Waals surface area contributed by atoms with Gasteiger partial charge in [0.2, 0.25) is 5.91 Å². The third-order valence-electron chi connectivity index (χ3n) is 5.19. The second kappa shape index (κ2) is 8.36. The molecule has 158 valence electrons. The molecule has 2 aromatic rings. The number of anilines is 2. The van der Waals surface area contributed by atoms with Gasteiger partial charge in [-0.1, -0.05) is 39.8 Å². The number of aryl methyl sites for hydroxylation is 2. The zero-order valence-electron chi connectivity index (χ0n) is 16.6. The summed E-state index contributed by atoms with van der Waals surface area (Å²) in [7, 11) is -3.11. The van der Waals surface area contributed by atoms with Gasteiger partial charge in [0, 0.05) is 15.8 Å². The van der Waals surface area contributed by atoms with Crippen LogP contribution in [0.5, 0.6) is 0 Å². The summed E-state index contributed by atoms with van der Waals surface area (Å²) in [5.41, 5.74) is 3.83. The van der Waals surface area contributed by atoms with E-state index in [1.807, 2.05) is 55.1 Å². The van der Waals surface area contributed by atoms with Crippen LogP contribution in [0.4, 0.5) is 11.4 Å². The van der Waals surface area contributed by atoms with Gasteiger partial charge in [0.05, 0.1) is 29.3 Å². The van der Waals surface area contributed by atoms with E-state index in [0.717, 1.165) is 27.0 Å². The Bertz CT molecular complexity index is 1120. The minimum atomic E-state index is -3.11. The topological polar surface area (TPSA) is 78.8 Å². The number of sulfone groups is 1. The van der Waals surface area contributed by atoms with Crippen molar-refractivity contribution in [2.75, 3.05) is 27.5 Å². The lowest BCUT2D eigenvalue weighted by Gasteiger charge is -2.28. The number of thioether (sulfide) groups is 1. The molecule has 2 aromatic carbocycles. The van der Waals surface area contributed by atoms with E-state index in [-0.39, 0.29) is 35.2 Å². The monoisotopic (exact) mass is 507 g/mol. The minimum Gasteiger partial charge on any atom is -0.325 e. The number of nitrogens with one attached hydrogen (secondary N) is 1. The number of carbonyl (C=O) groups excluding carboxylic acids is 1. The summed E-state index contributed by atoms with van der Waals surface area (Å²) >= 11 is 4.73. The molecule has 2 aliphatic rings. The van der Waals surface area contributed by atoms with Crippen LogP contribution in [-0.2, 0) is 14.6 Å². The summed E-state index contributed by atoms with van der Waals surface area (Å²) in [6.45, 7) is 4.02. The van der Waals surface area contributed by atoms with Gasteiger partial charge in [-0.25, -0.2) is 8.42 Å². The van der Waals surface area contributed by atoms with Crippen LogP contribution in [0.15, 0.2) is 51.9 Å². The zero-order chi connectivity index (χ0) is 21.5. The van der Waals surface area contributed by atoms with Crippen molar-refractivity contribution in [3.05, 3.63) is 58.1 Å². The predicted octanol–water partition coefficient (Wildman–Crippen LogP) is 3.78. The first-order chi connectivity index (χ1) is 14.2. The third-order valence-corrected chi connectivity index (χ3v) is 8.39. The summed E-state index contributed by atoms with van der Waals surface area (Å²) in [5, 5.41) is 3.59. The molecule has 1 N–H and O–H groups in total. The van der Waals surface area contributed by atoms with E-state index in [2.05, 4.69) is 27.3 Å². The Hall–Kier alpha value is -1.84. The standard InChI is InChI=1S/C21H22BrN3O3S2/c1-13-3-4-14(2)18(9-13)25-19-12-30(27,28)11-17(19)24-21(25)29-10-20(26)23-16-7-5-15(22)6-8-16/h3-9,17,19H,10-12H2,1-2H3,(H,23,26)/t17-,19+/m0/s1. The van der Waals surface area contributed by atoms with Crippen LogP contribution in [0.25, 0.3) is 0 Å². The highest BCUT2D eigenvalue weighted by atomic mass is 79.9. The van der Waals surface area contributed by atoms with E-state index in [1.165, 1.54) is 11.8 Å². The Kier molecular flexibility index (Phi) is 5.96. The van der Waals surface area contributed by atoms with Crippen molar-refractivity contribution < 1.29 is 13.2 Å². The first-order valence-corrected chi connectivity index (χ1v) is 13.1. The summed E-state index contributed by atoms with van der Waals surface area (Å²) < 4.78 is 25.4. The maximum Gasteiger partial charge on any atom is 0.234 e. The molecule has 0 spiro atoms. The van der Waals surface area contributed by atoms with Crippen molar-refractivity contribution in [2.45, 2.75) is 25.9 Å². The minimum absolute atomic E-state index is 0.0637. The number of halogens is 1. The molecular weight excluding hydrogens is 486 g/mol. The van der Waals surface area contributed by atoms with Crippen LogP contribution in [0.1, 0.15) is 11.1 Å². The average molecular weight is 508 g/mol. The highest BCUT2D eigenvalue weighted by Gasteiger charge is 2.47. The second-order valence-electron chi connectivity index (χ2n) is 7.63. The van der Waals surface area contributed by atoms with E-state index < -0.39 is 9.84 Å².